The fraction of sp³-hybridized carbons (Fsp3) is 0.316. The van der Waals surface area contributed by atoms with Gasteiger partial charge in [-0.2, -0.15) is 5.10 Å². The summed E-state index contributed by atoms with van der Waals surface area (Å²) in [5.74, 6) is -0.888. The number of halogens is 2. The fourth-order valence-corrected chi connectivity index (χ4v) is 3.16. The maximum atomic E-state index is 11.8. The van der Waals surface area contributed by atoms with Crippen molar-refractivity contribution in [3.05, 3.63) is 51.3 Å². The van der Waals surface area contributed by atoms with Gasteiger partial charge in [0.1, 0.15) is 6.42 Å². The number of hydrogen-bond donors (Lipinski definition) is 2. The van der Waals surface area contributed by atoms with Crippen LogP contribution in [-0.2, 0) is 14.3 Å². The first-order valence-corrected chi connectivity index (χ1v) is 9.31. The molecule has 2 aromatic rings. The van der Waals surface area contributed by atoms with Crippen LogP contribution in [0.5, 0.6) is 0 Å². The number of nitrogens with zero attached hydrogens (tertiary/aromatic N) is 2. The Hall–Kier alpha value is -2.35. The van der Waals surface area contributed by atoms with Gasteiger partial charge in [-0.25, -0.2) is 5.43 Å². The summed E-state index contributed by atoms with van der Waals surface area (Å²) in [6, 6.07) is 7.22. The molecule has 2 rings (SSSR count). The molecular formula is C19H22Cl2N4O3. The number of aryl methyl sites for hydroxylation is 1. The maximum Gasteiger partial charge on any atom is 0.249 e. The molecule has 150 valence electrons. The number of benzene rings is 1. The smallest absolute Gasteiger partial charge is 0.249 e. The zero-order chi connectivity index (χ0) is 20.7. The molecule has 2 amide bonds. The molecule has 0 unspecified atom stereocenters. The molecular weight excluding hydrogens is 403 g/mol. The summed E-state index contributed by atoms with van der Waals surface area (Å²) in [5, 5.41) is 7.60. The van der Waals surface area contributed by atoms with Crippen molar-refractivity contribution in [1.29, 1.82) is 0 Å². The number of rotatable bonds is 8. The van der Waals surface area contributed by atoms with E-state index >= 15 is 0 Å². The minimum Gasteiger partial charge on any atom is -0.383 e. The Morgan fingerprint density at radius 1 is 1.21 bits per heavy atom. The highest BCUT2D eigenvalue weighted by molar-refractivity contribution is 6.35. The fourth-order valence-electron chi connectivity index (χ4n) is 2.67. The van der Waals surface area contributed by atoms with Crippen LogP contribution in [-0.4, -0.2) is 42.9 Å². The Balaban J connectivity index is 2.03. The van der Waals surface area contributed by atoms with E-state index in [1.54, 1.807) is 12.1 Å². The van der Waals surface area contributed by atoms with Gasteiger partial charge in [0.2, 0.25) is 11.8 Å². The second-order valence-corrected chi connectivity index (χ2v) is 6.91. The van der Waals surface area contributed by atoms with Gasteiger partial charge in [-0.05, 0) is 38.1 Å². The van der Waals surface area contributed by atoms with Crippen molar-refractivity contribution in [1.82, 2.24) is 15.3 Å². The predicted octanol–water partition coefficient (Wildman–Crippen LogP) is 3.00. The van der Waals surface area contributed by atoms with Gasteiger partial charge in [-0.3, -0.25) is 9.59 Å². The number of ether oxygens (including phenoxy) is 1. The Bertz CT molecular complexity index is 894. The summed E-state index contributed by atoms with van der Waals surface area (Å²) < 4.78 is 6.80. The lowest BCUT2D eigenvalue weighted by atomic mass is 10.2. The molecule has 1 heterocycles. The second kappa shape index (κ2) is 10.3. The van der Waals surface area contributed by atoms with Gasteiger partial charge < -0.3 is 14.6 Å². The van der Waals surface area contributed by atoms with E-state index in [4.69, 9.17) is 27.9 Å². The van der Waals surface area contributed by atoms with Gasteiger partial charge in [0.25, 0.3) is 0 Å². The summed E-state index contributed by atoms with van der Waals surface area (Å²) in [7, 11) is 1.53. The third-order valence-electron chi connectivity index (χ3n) is 3.96. The standard InChI is InChI=1S/C19H22Cl2N4O3/c1-12-8-14(11-23-24-19(27)10-18(26)22-6-7-28-3)13(2)25(12)17-5-4-15(20)9-16(17)21/h4-5,8-9,11H,6-7,10H2,1-3H3,(H,22,26)(H,24,27)/b23-11+. The maximum absolute atomic E-state index is 11.8. The van der Waals surface area contributed by atoms with Crippen molar-refractivity contribution in [2.24, 2.45) is 5.10 Å². The molecule has 0 aliphatic heterocycles. The highest BCUT2D eigenvalue weighted by Gasteiger charge is 2.13. The number of amides is 2. The number of hydrogen-bond acceptors (Lipinski definition) is 4. The van der Waals surface area contributed by atoms with E-state index < -0.39 is 5.91 Å². The zero-order valence-electron chi connectivity index (χ0n) is 15.9. The zero-order valence-corrected chi connectivity index (χ0v) is 17.4. The number of carbonyl (C=O) groups excluding carboxylic acids is 2. The van der Waals surface area contributed by atoms with Crippen LogP contribution in [0.4, 0.5) is 0 Å². The van der Waals surface area contributed by atoms with E-state index in [-0.39, 0.29) is 12.3 Å². The van der Waals surface area contributed by atoms with E-state index in [0.29, 0.717) is 23.2 Å². The molecule has 28 heavy (non-hydrogen) atoms. The van der Waals surface area contributed by atoms with Crippen molar-refractivity contribution >= 4 is 41.2 Å². The summed E-state index contributed by atoms with van der Waals surface area (Å²) >= 11 is 12.3. The molecule has 0 atom stereocenters. The molecule has 1 aromatic carbocycles. The van der Waals surface area contributed by atoms with E-state index in [0.717, 1.165) is 22.6 Å². The summed E-state index contributed by atoms with van der Waals surface area (Å²) in [6.07, 6.45) is 1.23. The third kappa shape index (κ3) is 5.82. The molecule has 0 saturated heterocycles. The van der Waals surface area contributed by atoms with Crippen molar-refractivity contribution in [2.45, 2.75) is 20.3 Å². The average Bonchev–Trinajstić information content (AvgIpc) is 2.89. The van der Waals surface area contributed by atoms with Crippen molar-refractivity contribution < 1.29 is 14.3 Å². The van der Waals surface area contributed by atoms with Crippen LogP contribution < -0.4 is 10.7 Å². The highest BCUT2D eigenvalue weighted by Crippen LogP contribution is 2.28. The van der Waals surface area contributed by atoms with Crippen LogP contribution in [0.1, 0.15) is 23.4 Å². The number of carbonyl (C=O) groups is 2. The van der Waals surface area contributed by atoms with Crippen molar-refractivity contribution in [2.75, 3.05) is 20.3 Å². The molecule has 0 fully saturated rings. The summed E-state index contributed by atoms with van der Waals surface area (Å²) in [5.41, 5.74) is 5.82. The quantitative estimate of drug-likeness (QED) is 0.295. The first kappa shape index (κ1) is 21.9. The van der Waals surface area contributed by atoms with Gasteiger partial charge in [0.15, 0.2) is 0 Å². The molecule has 7 nitrogen and oxygen atoms in total. The van der Waals surface area contributed by atoms with Crippen LogP contribution in [0.2, 0.25) is 10.0 Å². The molecule has 1 aromatic heterocycles. The molecule has 0 bridgehead atoms. The molecule has 0 radical (unpaired) electrons. The van der Waals surface area contributed by atoms with Gasteiger partial charge in [0.05, 0.1) is 23.5 Å². The predicted molar refractivity (Wildman–Crippen MR) is 111 cm³/mol. The molecule has 0 aliphatic carbocycles. The van der Waals surface area contributed by atoms with Crippen LogP contribution in [0.25, 0.3) is 5.69 Å². The second-order valence-electron chi connectivity index (χ2n) is 6.07. The summed E-state index contributed by atoms with van der Waals surface area (Å²) in [4.78, 5) is 23.4. The minimum absolute atomic E-state index is 0.305. The number of aromatic nitrogens is 1. The molecule has 0 spiro atoms. The molecule has 0 aliphatic rings. The van der Waals surface area contributed by atoms with Crippen LogP contribution >= 0.6 is 23.2 Å². The van der Waals surface area contributed by atoms with Gasteiger partial charge in [0, 0.05) is 35.6 Å². The first-order valence-electron chi connectivity index (χ1n) is 8.55. The SMILES string of the molecule is COCCNC(=O)CC(=O)N/N=C/c1cc(C)n(-c2ccc(Cl)cc2Cl)c1C. The number of nitrogens with one attached hydrogen (secondary N) is 2. The minimum atomic E-state index is -0.499. The van der Waals surface area contributed by atoms with Crippen LogP contribution in [0, 0.1) is 13.8 Å². The summed E-state index contributed by atoms with van der Waals surface area (Å²) in [6.45, 7) is 4.60. The van der Waals surface area contributed by atoms with E-state index in [1.165, 1.54) is 13.3 Å². The van der Waals surface area contributed by atoms with E-state index in [9.17, 15) is 9.59 Å². The lowest BCUT2D eigenvalue weighted by Gasteiger charge is -2.11. The average molecular weight is 425 g/mol. The van der Waals surface area contributed by atoms with Crippen molar-refractivity contribution in [3.63, 3.8) is 0 Å². The molecule has 9 heteroatoms. The Labute approximate surface area is 173 Å². The Morgan fingerprint density at radius 2 is 1.96 bits per heavy atom. The van der Waals surface area contributed by atoms with Crippen molar-refractivity contribution in [3.8, 4) is 5.69 Å². The monoisotopic (exact) mass is 424 g/mol. The normalized spacial score (nSPS) is 11.0. The largest absolute Gasteiger partial charge is 0.383 e. The van der Waals surface area contributed by atoms with E-state index in [2.05, 4.69) is 15.8 Å². The van der Waals surface area contributed by atoms with Gasteiger partial charge in [-0.15, -0.1) is 0 Å². The molecule has 0 saturated carbocycles. The topological polar surface area (TPSA) is 84.7 Å². The van der Waals surface area contributed by atoms with Gasteiger partial charge >= 0.3 is 0 Å². The molecule has 2 N–H and O–H groups in total. The highest BCUT2D eigenvalue weighted by atomic mass is 35.5. The van der Waals surface area contributed by atoms with Gasteiger partial charge in [-0.1, -0.05) is 23.2 Å². The lowest BCUT2D eigenvalue weighted by Crippen LogP contribution is -2.31. The number of hydrazone groups is 1. The van der Waals surface area contributed by atoms with E-state index in [1.807, 2.05) is 30.5 Å². The Morgan fingerprint density at radius 3 is 2.64 bits per heavy atom. The number of methoxy groups -OCH3 is 1. The Kier molecular flexibility index (Phi) is 8.04. The van der Waals surface area contributed by atoms with Crippen LogP contribution in [0.3, 0.4) is 0 Å². The first-order chi connectivity index (χ1) is 13.3. The lowest BCUT2D eigenvalue weighted by molar-refractivity contribution is -0.129. The third-order valence-corrected chi connectivity index (χ3v) is 4.50. The van der Waals surface area contributed by atoms with Crippen LogP contribution in [0.15, 0.2) is 29.4 Å².